The molecule has 0 fully saturated rings. The number of ether oxygens (including phenoxy) is 2. The molecule has 0 atom stereocenters. The molecular weight excluding hydrogens is 352 g/mol. The third-order valence-electron chi connectivity index (χ3n) is 3.84. The van der Waals surface area contributed by atoms with Crippen LogP contribution in [0.2, 0.25) is 25.7 Å². The van der Waals surface area contributed by atoms with Gasteiger partial charge in [-0.2, -0.15) is 5.10 Å². The number of hydrogen-bond donors (Lipinski definition) is 0. The van der Waals surface area contributed by atoms with Crippen LogP contribution in [0.5, 0.6) is 5.75 Å². The maximum absolute atomic E-state index is 11.1. The molecule has 2 rings (SSSR count). The largest absolute Gasteiger partial charge is 0.490 e. The van der Waals surface area contributed by atoms with E-state index in [2.05, 4.69) is 29.7 Å². The van der Waals surface area contributed by atoms with E-state index in [-0.39, 0.29) is 11.4 Å². The smallest absolute Gasteiger partial charge is 0.311 e. The summed E-state index contributed by atoms with van der Waals surface area (Å²) in [5.41, 5.74) is 0.406. The van der Waals surface area contributed by atoms with Crippen LogP contribution in [0.25, 0.3) is 11.4 Å². The van der Waals surface area contributed by atoms with Gasteiger partial charge in [-0.25, -0.2) is 4.98 Å². The standard InChI is InChI=1S/C17H26N4O4Si/c1-24-16-14(7-5-8-15(16)21(22)23)17-18-13-20(19-17)9-6-10-25-11-12-26(2,3)4/h5,7-8,13H,6,9-12H2,1-4H3. The molecule has 0 bridgehead atoms. The Labute approximate surface area is 154 Å². The minimum atomic E-state index is -1.05. The lowest BCUT2D eigenvalue weighted by atomic mass is 10.1. The fourth-order valence-electron chi connectivity index (χ4n) is 2.39. The van der Waals surface area contributed by atoms with Gasteiger partial charge in [0, 0.05) is 33.9 Å². The predicted octanol–water partition coefficient (Wildman–Crippen LogP) is 3.61. The topological polar surface area (TPSA) is 92.3 Å². The summed E-state index contributed by atoms with van der Waals surface area (Å²) in [5, 5.41) is 15.5. The number of nitro benzene ring substituents is 1. The summed E-state index contributed by atoms with van der Waals surface area (Å²) < 4.78 is 12.6. The molecule has 26 heavy (non-hydrogen) atoms. The van der Waals surface area contributed by atoms with Crippen molar-refractivity contribution in [3.8, 4) is 17.1 Å². The minimum Gasteiger partial charge on any atom is -0.490 e. The average molecular weight is 379 g/mol. The van der Waals surface area contributed by atoms with Crippen LogP contribution in [0.15, 0.2) is 24.5 Å². The Bertz CT molecular complexity index is 743. The van der Waals surface area contributed by atoms with E-state index in [1.165, 1.54) is 13.2 Å². The van der Waals surface area contributed by atoms with Gasteiger partial charge in [0.05, 0.1) is 17.6 Å². The maximum atomic E-state index is 11.1. The van der Waals surface area contributed by atoms with E-state index < -0.39 is 13.0 Å². The number of benzene rings is 1. The number of nitrogens with zero attached hydrogens (tertiary/aromatic N) is 4. The first-order valence-electron chi connectivity index (χ1n) is 8.61. The molecule has 0 saturated carbocycles. The van der Waals surface area contributed by atoms with Crippen molar-refractivity contribution in [1.82, 2.24) is 14.8 Å². The van der Waals surface area contributed by atoms with Gasteiger partial charge in [0.1, 0.15) is 6.33 Å². The highest BCUT2D eigenvalue weighted by Gasteiger charge is 2.21. The van der Waals surface area contributed by atoms with Crippen LogP contribution in [0.3, 0.4) is 0 Å². The van der Waals surface area contributed by atoms with E-state index in [0.717, 1.165) is 19.1 Å². The third-order valence-corrected chi connectivity index (χ3v) is 5.55. The van der Waals surface area contributed by atoms with Gasteiger partial charge in [0.2, 0.25) is 5.75 Å². The highest BCUT2D eigenvalue weighted by atomic mass is 28.3. The first-order chi connectivity index (χ1) is 12.3. The van der Waals surface area contributed by atoms with Crippen LogP contribution >= 0.6 is 0 Å². The van der Waals surface area contributed by atoms with Crippen molar-refractivity contribution >= 4 is 13.8 Å². The zero-order chi connectivity index (χ0) is 19.2. The molecule has 8 nitrogen and oxygen atoms in total. The maximum Gasteiger partial charge on any atom is 0.311 e. The lowest BCUT2D eigenvalue weighted by Gasteiger charge is -2.15. The monoisotopic (exact) mass is 378 g/mol. The molecule has 1 aromatic carbocycles. The molecule has 0 unspecified atom stereocenters. The normalized spacial score (nSPS) is 11.5. The molecular formula is C17H26N4O4Si. The quantitative estimate of drug-likeness (QED) is 0.271. The number of hydrogen-bond acceptors (Lipinski definition) is 6. The number of rotatable bonds is 10. The molecule has 1 heterocycles. The van der Waals surface area contributed by atoms with E-state index >= 15 is 0 Å². The summed E-state index contributed by atoms with van der Waals surface area (Å²) >= 11 is 0. The lowest BCUT2D eigenvalue weighted by Crippen LogP contribution is -2.21. The second kappa shape index (κ2) is 8.90. The van der Waals surface area contributed by atoms with Crippen LogP contribution in [0.4, 0.5) is 5.69 Å². The summed E-state index contributed by atoms with van der Waals surface area (Å²) in [6.07, 6.45) is 2.45. The summed E-state index contributed by atoms with van der Waals surface area (Å²) in [5.74, 6) is 0.579. The zero-order valence-electron chi connectivity index (χ0n) is 15.8. The van der Waals surface area contributed by atoms with Gasteiger partial charge in [0.25, 0.3) is 0 Å². The van der Waals surface area contributed by atoms with Crippen molar-refractivity contribution in [3.05, 3.63) is 34.6 Å². The number of aromatic nitrogens is 3. The van der Waals surface area contributed by atoms with Crippen LogP contribution < -0.4 is 4.74 Å². The van der Waals surface area contributed by atoms with E-state index in [4.69, 9.17) is 9.47 Å². The SMILES string of the molecule is COc1c(-c2ncn(CCCOCC[Si](C)(C)C)n2)cccc1[N+](=O)[O-]. The van der Waals surface area contributed by atoms with Crippen LogP contribution in [-0.2, 0) is 11.3 Å². The van der Waals surface area contributed by atoms with Crippen molar-refractivity contribution in [1.29, 1.82) is 0 Å². The summed E-state index contributed by atoms with van der Waals surface area (Å²) in [6, 6.07) is 5.87. The number of para-hydroxylation sites is 1. The van der Waals surface area contributed by atoms with Gasteiger partial charge in [0.15, 0.2) is 5.82 Å². The first-order valence-corrected chi connectivity index (χ1v) is 12.3. The molecule has 0 aliphatic carbocycles. The minimum absolute atomic E-state index is 0.0999. The Kier molecular flexibility index (Phi) is 6.87. The molecule has 0 spiro atoms. The van der Waals surface area contributed by atoms with Gasteiger partial charge < -0.3 is 9.47 Å². The summed E-state index contributed by atoms with van der Waals surface area (Å²) in [4.78, 5) is 14.9. The first kappa shape index (κ1) is 20.1. The van der Waals surface area contributed by atoms with Crippen molar-refractivity contribution < 1.29 is 14.4 Å². The molecule has 0 N–H and O–H groups in total. The molecule has 1 aromatic heterocycles. The Morgan fingerprint density at radius 3 is 2.69 bits per heavy atom. The fourth-order valence-corrected chi connectivity index (χ4v) is 3.15. The predicted molar refractivity (Wildman–Crippen MR) is 102 cm³/mol. The van der Waals surface area contributed by atoms with Gasteiger partial charge >= 0.3 is 5.69 Å². The van der Waals surface area contributed by atoms with Gasteiger partial charge in [-0.3, -0.25) is 14.8 Å². The molecule has 0 aliphatic rings. The number of aryl methyl sites for hydroxylation is 1. The highest BCUT2D eigenvalue weighted by Crippen LogP contribution is 2.35. The Morgan fingerprint density at radius 2 is 2.04 bits per heavy atom. The number of nitro groups is 1. The zero-order valence-corrected chi connectivity index (χ0v) is 16.8. The van der Waals surface area contributed by atoms with Crippen molar-refractivity contribution in [2.75, 3.05) is 20.3 Å². The Hall–Kier alpha value is -2.26. The van der Waals surface area contributed by atoms with E-state index in [1.807, 2.05) is 0 Å². The second-order valence-electron chi connectivity index (χ2n) is 7.22. The Morgan fingerprint density at radius 1 is 1.27 bits per heavy atom. The lowest BCUT2D eigenvalue weighted by molar-refractivity contribution is -0.385. The van der Waals surface area contributed by atoms with Crippen molar-refractivity contribution in [2.24, 2.45) is 0 Å². The average Bonchev–Trinajstić information content (AvgIpc) is 3.04. The van der Waals surface area contributed by atoms with Gasteiger partial charge in [-0.1, -0.05) is 25.7 Å². The molecule has 2 aromatic rings. The van der Waals surface area contributed by atoms with E-state index in [0.29, 0.717) is 24.5 Å². The van der Waals surface area contributed by atoms with Gasteiger partial charge in [-0.05, 0) is 18.5 Å². The molecule has 142 valence electrons. The fraction of sp³-hybridized carbons (Fsp3) is 0.529. The van der Waals surface area contributed by atoms with Crippen LogP contribution in [0.1, 0.15) is 6.42 Å². The van der Waals surface area contributed by atoms with E-state index in [1.54, 1.807) is 23.1 Å². The molecule has 0 saturated heterocycles. The number of methoxy groups -OCH3 is 1. The summed E-state index contributed by atoms with van der Waals surface area (Å²) in [7, 11) is 0.354. The van der Waals surface area contributed by atoms with Crippen LogP contribution in [0, 0.1) is 10.1 Å². The molecule has 0 radical (unpaired) electrons. The highest BCUT2D eigenvalue weighted by molar-refractivity contribution is 6.76. The summed E-state index contributed by atoms with van der Waals surface area (Å²) in [6.45, 7) is 9.15. The second-order valence-corrected chi connectivity index (χ2v) is 12.8. The Balaban J connectivity index is 1.94. The molecule has 0 amide bonds. The van der Waals surface area contributed by atoms with E-state index in [9.17, 15) is 10.1 Å². The third kappa shape index (κ3) is 5.63. The molecule has 9 heteroatoms. The van der Waals surface area contributed by atoms with Crippen LogP contribution in [-0.4, -0.2) is 48.1 Å². The van der Waals surface area contributed by atoms with Crippen molar-refractivity contribution in [2.45, 2.75) is 38.7 Å². The van der Waals surface area contributed by atoms with Crippen molar-refractivity contribution in [3.63, 3.8) is 0 Å². The molecule has 0 aliphatic heterocycles. The van der Waals surface area contributed by atoms with Gasteiger partial charge in [-0.15, -0.1) is 0 Å².